The van der Waals surface area contributed by atoms with Gasteiger partial charge in [0.05, 0.1) is 6.61 Å². The van der Waals surface area contributed by atoms with Crippen LogP contribution >= 0.6 is 0 Å². The summed E-state index contributed by atoms with van der Waals surface area (Å²) in [5, 5.41) is 0. The minimum Gasteiger partial charge on any atom is -0.463 e. The first-order valence-corrected chi connectivity index (χ1v) is 17.3. The summed E-state index contributed by atoms with van der Waals surface area (Å²) in [6.45, 7) is 5.06. The lowest BCUT2D eigenvalue weighted by Crippen LogP contribution is -2.02. The van der Waals surface area contributed by atoms with E-state index in [0.717, 1.165) is 25.7 Å². The van der Waals surface area contributed by atoms with Crippen molar-refractivity contribution in [2.45, 2.75) is 168 Å². The molecule has 0 amide bonds. The molecule has 0 aliphatic rings. The van der Waals surface area contributed by atoms with Gasteiger partial charge in [-0.15, -0.1) is 0 Å². The SMILES string of the molecule is CCCCC/C=C\C/C=C\CCCCCCCCOC(=O)C=CC=CC=CCCCCCCCCCCCCC. The molecule has 0 unspecified atom stereocenters. The van der Waals surface area contributed by atoms with Crippen molar-refractivity contribution in [2.24, 2.45) is 0 Å². The van der Waals surface area contributed by atoms with E-state index in [1.807, 2.05) is 12.2 Å². The number of hydrogen-bond donors (Lipinski definition) is 0. The molecule has 0 fully saturated rings. The van der Waals surface area contributed by atoms with E-state index in [4.69, 9.17) is 4.74 Å². The molecule has 0 aliphatic heterocycles. The summed E-state index contributed by atoms with van der Waals surface area (Å²) in [5.74, 6) is -0.239. The highest BCUT2D eigenvalue weighted by Crippen LogP contribution is 2.12. The molecule has 0 rings (SSSR count). The molecule has 2 nitrogen and oxygen atoms in total. The lowest BCUT2D eigenvalue weighted by molar-refractivity contribution is -0.137. The fraction of sp³-hybridized carbons (Fsp3) is 0.711. The summed E-state index contributed by atoms with van der Waals surface area (Å²) >= 11 is 0. The molecule has 0 N–H and O–H groups in total. The molecular weight excluding hydrogens is 488 g/mol. The molecule has 0 aromatic carbocycles. The largest absolute Gasteiger partial charge is 0.463 e. The molecule has 2 heteroatoms. The van der Waals surface area contributed by atoms with Gasteiger partial charge in [-0.2, -0.15) is 0 Å². The van der Waals surface area contributed by atoms with Gasteiger partial charge < -0.3 is 4.74 Å². The van der Waals surface area contributed by atoms with Gasteiger partial charge in [0.25, 0.3) is 0 Å². The Morgan fingerprint density at radius 1 is 0.450 bits per heavy atom. The maximum atomic E-state index is 11.8. The number of allylic oxidation sites excluding steroid dienone is 9. The van der Waals surface area contributed by atoms with Crippen LogP contribution in [-0.4, -0.2) is 12.6 Å². The van der Waals surface area contributed by atoms with Crippen molar-refractivity contribution in [3.05, 3.63) is 60.8 Å². The van der Waals surface area contributed by atoms with Crippen LogP contribution in [0.1, 0.15) is 168 Å². The lowest BCUT2D eigenvalue weighted by Gasteiger charge is -2.02. The highest BCUT2D eigenvalue weighted by Gasteiger charge is 1.96. The number of unbranched alkanes of at least 4 members (excludes halogenated alkanes) is 20. The van der Waals surface area contributed by atoms with E-state index in [9.17, 15) is 4.79 Å². The second-order valence-corrected chi connectivity index (χ2v) is 11.2. The topological polar surface area (TPSA) is 26.3 Å². The Balaban J connectivity index is 3.42. The van der Waals surface area contributed by atoms with Gasteiger partial charge in [-0.3, -0.25) is 0 Å². The Bertz CT molecular complexity index is 652. The molecule has 0 aromatic rings. The third-order valence-corrected chi connectivity index (χ3v) is 7.27. The average molecular weight is 555 g/mol. The third kappa shape index (κ3) is 34.2. The number of esters is 1. The molecule has 0 heterocycles. The minimum atomic E-state index is -0.239. The van der Waals surface area contributed by atoms with Crippen molar-refractivity contribution in [3.63, 3.8) is 0 Å². The normalized spacial score (nSPS) is 12.3. The molecule has 0 saturated carbocycles. The molecule has 0 aromatic heterocycles. The predicted molar refractivity (Wildman–Crippen MR) is 179 cm³/mol. The van der Waals surface area contributed by atoms with E-state index in [1.165, 1.54) is 134 Å². The second kappa shape index (κ2) is 35.2. The van der Waals surface area contributed by atoms with Crippen molar-refractivity contribution in [2.75, 3.05) is 6.61 Å². The van der Waals surface area contributed by atoms with E-state index in [2.05, 4.69) is 50.3 Å². The van der Waals surface area contributed by atoms with Crippen LogP contribution < -0.4 is 0 Å². The number of carbonyl (C=O) groups excluding carboxylic acids is 1. The smallest absolute Gasteiger partial charge is 0.330 e. The van der Waals surface area contributed by atoms with E-state index >= 15 is 0 Å². The number of ether oxygens (including phenoxy) is 1. The first kappa shape index (κ1) is 38.2. The van der Waals surface area contributed by atoms with E-state index in [1.54, 1.807) is 6.08 Å². The summed E-state index contributed by atoms with van der Waals surface area (Å²) < 4.78 is 5.30. The van der Waals surface area contributed by atoms with Crippen molar-refractivity contribution >= 4 is 5.97 Å². The Kier molecular flexibility index (Phi) is 33.6. The van der Waals surface area contributed by atoms with E-state index in [-0.39, 0.29) is 5.97 Å². The lowest BCUT2D eigenvalue weighted by atomic mass is 10.1. The van der Waals surface area contributed by atoms with Gasteiger partial charge in [-0.05, 0) is 51.4 Å². The summed E-state index contributed by atoms with van der Waals surface area (Å²) in [6.07, 6.45) is 51.8. The minimum absolute atomic E-state index is 0.239. The molecule has 230 valence electrons. The van der Waals surface area contributed by atoms with Crippen molar-refractivity contribution in [1.82, 2.24) is 0 Å². The van der Waals surface area contributed by atoms with E-state index in [0.29, 0.717) is 6.61 Å². The predicted octanol–water partition coefficient (Wildman–Crippen LogP) is 12.7. The van der Waals surface area contributed by atoms with Crippen LogP contribution in [0.3, 0.4) is 0 Å². The summed E-state index contributed by atoms with van der Waals surface area (Å²) in [7, 11) is 0. The van der Waals surface area contributed by atoms with Crippen LogP contribution in [0.15, 0.2) is 60.8 Å². The molecule has 40 heavy (non-hydrogen) atoms. The van der Waals surface area contributed by atoms with Crippen LogP contribution in [0, 0.1) is 0 Å². The molecule has 0 atom stereocenters. The van der Waals surface area contributed by atoms with Crippen LogP contribution in [0.4, 0.5) is 0 Å². The molecule has 0 spiro atoms. The zero-order valence-electron chi connectivity index (χ0n) is 26.8. The van der Waals surface area contributed by atoms with Crippen LogP contribution in [-0.2, 0) is 9.53 Å². The van der Waals surface area contributed by atoms with Gasteiger partial charge in [0.15, 0.2) is 0 Å². The first-order valence-electron chi connectivity index (χ1n) is 17.3. The van der Waals surface area contributed by atoms with E-state index < -0.39 is 0 Å². The van der Waals surface area contributed by atoms with Gasteiger partial charge >= 0.3 is 5.97 Å². The highest BCUT2D eigenvalue weighted by molar-refractivity contribution is 5.82. The van der Waals surface area contributed by atoms with Crippen molar-refractivity contribution in [1.29, 1.82) is 0 Å². The summed E-state index contributed by atoms with van der Waals surface area (Å²) in [6, 6.07) is 0. The second-order valence-electron chi connectivity index (χ2n) is 11.2. The van der Waals surface area contributed by atoms with Gasteiger partial charge in [0.2, 0.25) is 0 Å². The van der Waals surface area contributed by atoms with Gasteiger partial charge in [-0.25, -0.2) is 4.79 Å². The number of hydrogen-bond acceptors (Lipinski definition) is 2. The van der Waals surface area contributed by atoms with Gasteiger partial charge in [0.1, 0.15) is 0 Å². The Hall–Kier alpha value is -1.83. The maximum absolute atomic E-state index is 11.8. The molecular formula is C38H66O2. The van der Waals surface area contributed by atoms with Crippen LogP contribution in [0.2, 0.25) is 0 Å². The average Bonchev–Trinajstić information content (AvgIpc) is 2.96. The standard InChI is InChI=1S/C38H66O2/c1-3-5-7-9-11-13-15-17-19-21-22-24-26-28-30-32-34-36-38(39)40-37-35-33-31-29-27-25-23-20-18-16-14-12-10-8-6-4-2/h12,14,18,20,26,28,30,32,34,36H,3-11,13,15-17,19,21-25,27,29,31,33,35,37H2,1-2H3/b14-12-,20-18-,28-26?,32-30?,36-34?. The monoisotopic (exact) mass is 555 g/mol. The first-order chi connectivity index (χ1) is 19.8. The Morgan fingerprint density at radius 3 is 1.45 bits per heavy atom. The zero-order chi connectivity index (χ0) is 29.0. The number of rotatable bonds is 30. The highest BCUT2D eigenvalue weighted by atomic mass is 16.5. The van der Waals surface area contributed by atoms with Crippen molar-refractivity contribution in [3.8, 4) is 0 Å². The van der Waals surface area contributed by atoms with Crippen LogP contribution in [0.25, 0.3) is 0 Å². The molecule has 0 saturated heterocycles. The third-order valence-electron chi connectivity index (χ3n) is 7.27. The molecule has 0 aliphatic carbocycles. The van der Waals surface area contributed by atoms with Gasteiger partial charge in [-0.1, -0.05) is 171 Å². The quantitative estimate of drug-likeness (QED) is 0.0290. The Morgan fingerprint density at radius 2 is 0.875 bits per heavy atom. The van der Waals surface area contributed by atoms with Crippen molar-refractivity contribution < 1.29 is 9.53 Å². The number of carbonyl (C=O) groups is 1. The Labute approximate surface area is 250 Å². The summed E-state index contributed by atoms with van der Waals surface area (Å²) in [4.78, 5) is 11.8. The molecule has 0 bridgehead atoms. The summed E-state index contributed by atoms with van der Waals surface area (Å²) in [5.41, 5.74) is 0. The zero-order valence-corrected chi connectivity index (χ0v) is 26.8. The van der Waals surface area contributed by atoms with Gasteiger partial charge in [0, 0.05) is 6.08 Å². The molecule has 0 radical (unpaired) electrons. The van der Waals surface area contributed by atoms with Crippen LogP contribution in [0.5, 0.6) is 0 Å². The maximum Gasteiger partial charge on any atom is 0.330 e. The fourth-order valence-corrected chi connectivity index (χ4v) is 4.67. The fourth-order valence-electron chi connectivity index (χ4n) is 4.67.